The van der Waals surface area contributed by atoms with Crippen LogP contribution >= 0.6 is 0 Å². The van der Waals surface area contributed by atoms with E-state index in [2.05, 4.69) is 38.8 Å². The van der Waals surface area contributed by atoms with Crippen LogP contribution < -0.4 is 20.7 Å². The Morgan fingerprint density at radius 1 is 0.830 bits per heavy atom. The number of H-pyrrole nitrogens is 1. The largest absolute Gasteiger partial charge is 0.497 e. The Kier molecular flexibility index (Phi) is 9.95. The van der Waals surface area contributed by atoms with Gasteiger partial charge in [-0.3, -0.25) is 14.3 Å². The second kappa shape index (κ2) is 13.6. The number of nitrogens with one attached hydrogen (secondary N) is 1. The molecule has 4 atom stereocenters. The first-order valence-corrected chi connectivity index (χ1v) is 18.5. The predicted molar refractivity (Wildman–Crippen MR) is 182 cm³/mol. The summed E-state index contributed by atoms with van der Waals surface area (Å²) in [6.07, 6.45) is -2.64. The second-order valence-corrected chi connectivity index (χ2v) is 18.0. The molecular weight excluding hydrogens is 616 g/mol. The molecule has 2 heterocycles. The van der Waals surface area contributed by atoms with Gasteiger partial charge in [0.1, 0.15) is 35.4 Å². The third kappa shape index (κ3) is 6.86. The summed E-state index contributed by atoms with van der Waals surface area (Å²) in [5.74, 6) is 1.40. The van der Waals surface area contributed by atoms with Crippen molar-refractivity contribution >= 4 is 8.32 Å². The van der Waals surface area contributed by atoms with Crippen molar-refractivity contribution < 1.29 is 28.5 Å². The minimum Gasteiger partial charge on any atom is -0.497 e. The highest BCUT2D eigenvalue weighted by Gasteiger charge is 2.51. The van der Waals surface area contributed by atoms with Gasteiger partial charge in [0.2, 0.25) is 0 Å². The van der Waals surface area contributed by atoms with Crippen LogP contribution in [0.15, 0.2) is 101 Å². The van der Waals surface area contributed by atoms with Gasteiger partial charge in [-0.1, -0.05) is 75.4 Å². The van der Waals surface area contributed by atoms with E-state index in [-0.39, 0.29) is 11.6 Å². The average molecular weight is 661 g/mol. The topological polar surface area (TPSA) is 121 Å². The van der Waals surface area contributed by atoms with Crippen LogP contribution in [0.3, 0.4) is 0 Å². The van der Waals surface area contributed by atoms with Crippen molar-refractivity contribution in [3.05, 3.63) is 129 Å². The quantitative estimate of drug-likeness (QED) is 0.166. The number of aliphatic hydroxyl groups excluding tert-OH is 1. The Labute approximate surface area is 276 Å². The van der Waals surface area contributed by atoms with Crippen molar-refractivity contribution in [2.24, 2.45) is 0 Å². The van der Waals surface area contributed by atoms with E-state index in [9.17, 15) is 14.7 Å². The summed E-state index contributed by atoms with van der Waals surface area (Å²) in [5, 5.41) is 11.6. The molecule has 1 aliphatic heterocycles. The Balaban J connectivity index is 1.62. The molecule has 0 saturated carbocycles. The van der Waals surface area contributed by atoms with Crippen LogP contribution in [0.25, 0.3) is 0 Å². The molecule has 1 aromatic heterocycles. The summed E-state index contributed by atoms with van der Waals surface area (Å²) < 4.78 is 32.5. The number of hydrogen-bond donors (Lipinski definition) is 2. The molecule has 1 saturated heterocycles. The van der Waals surface area contributed by atoms with Crippen molar-refractivity contribution in [3.63, 3.8) is 0 Å². The lowest BCUT2D eigenvalue weighted by molar-refractivity contribution is -0.0948. The third-order valence-corrected chi connectivity index (χ3v) is 13.8. The average Bonchev–Trinajstić information content (AvgIpc) is 3.35. The minimum absolute atomic E-state index is 0.0160. The molecule has 5 rings (SSSR count). The van der Waals surface area contributed by atoms with Gasteiger partial charge in [-0.05, 0) is 59.1 Å². The van der Waals surface area contributed by atoms with Gasteiger partial charge in [0, 0.05) is 12.3 Å². The number of benzene rings is 3. The highest BCUT2D eigenvalue weighted by molar-refractivity contribution is 6.74. The maximum Gasteiger partial charge on any atom is 0.330 e. The molecule has 11 heteroatoms. The lowest BCUT2D eigenvalue weighted by atomic mass is 9.80. The lowest BCUT2D eigenvalue weighted by Gasteiger charge is -2.41. The van der Waals surface area contributed by atoms with Crippen LogP contribution in [-0.2, 0) is 19.5 Å². The predicted octanol–water partition coefficient (Wildman–Crippen LogP) is 5.21. The summed E-state index contributed by atoms with van der Waals surface area (Å²) >= 11 is 0. The SMILES string of the molecule is COc1ccc(C(OC[C@H]2O[C@@H](n3ccc(=O)[nH]c3=O)[C@@H](O)[C@@H]2O[Si](C)(C)C(C)(C)C)(c2ccccc2)c2ccc(OC)cc2)cc1. The molecule has 10 nitrogen and oxygen atoms in total. The molecule has 0 unspecified atom stereocenters. The van der Waals surface area contributed by atoms with Crippen LogP contribution in [0.4, 0.5) is 0 Å². The summed E-state index contributed by atoms with van der Waals surface area (Å²) in [5.41, 5.74) is 0.169. The first kappa shape index (κ1) is 34.3. The van der Waals surface area contributed by atoms with Gasteiger partial charge in [-0.25, -0.2) is 4.79 Å². The lowest BCUT2D eigenvalue weighted by Crippen LogP contribution is -2.50. The molecule has 1 aliphatic rings. The fourth-order valence-corrected chi connectivity index (χ4v) is 6.98. The van der Waals surface area contributed by atoms with E-state index in [0.29, 0.717) is 11.5 Å². The number of nitrogens with zero attached hydrogens (tertiary/aromatic N) is 1. The fourth-order valence-electron chi connectivity index (χ4n) is 5.66. The van der Waals surface area contributed by atoms with Gasteiger partial charge < -0.3 is 28.5 Å². The Morgan fingerprint density at radius 2 is 1.36 bits per heavy atom. The summed E-state index contributed by atoms with van der Waals surface area (Å²) in [6.45, 7) is 10.5. The van der Waals surface area contributed by atoms with Crippen molar-refractivity contribution in [2.75, 3.05) is 20.8 Å². The molecule has 0 amide bonds. The molecule has 0 radical (unpaired) electrons. The number of rotatable bonds is 11. The van der Waals surface area contributed by atoms with Crippen molar-refractivity contribution in [3.8, 4) is 11.5 Å². The van der Waals surface area contributed by atoms with Gasteiger partial charge in [0.05, 0.1) is 20.8 Å². The van der Waals surface area contributed by atoms with E-state index in [1.165, 1.54) is 16.8 Å². The van der Waals surface area contributed by atoms with Gasteiger partial charge in [0.25, 0.3) is 5.56 Å². The number of ether oxygens (including phenoxy) is 4. The molecule has 1 fully saturated rings. The molecule has 3 aromatic carbocycles. The fraction of sp³-hybridized carbons (Fsp3) is 0.389. The monoisotopic (exact) mass is 660 g/mol. The zero-order chi connectivity index (χ0) is 34.0. The number of hydrogen-bond acceptors (Lipinski definition) is 8. The van der Waals surface area contributed by atoms with Crippen LogP contribution in [-0.4, -0.2) is 62.1 Å². The molecule has 250 valence electrons. The smallest absolute Gasteiger partial charge is 0.330 e. The van der Waals surface area contributed by atoms with E-state index in [0.717, 1.165) is 16.7 Å². The number of methoxy groups -OCH3 is 2. The van der Waals surface area contributed by atoms with Gasteiger partial charge in [0.15, 0.2) is 14.5 Å². The summed E-state index contributed by atoms with van der Waals surface area (Å²) in [6, 6.07) is 26.5. The van der Waals surface area contributed by atoms with E-state index in [1.807, 2.05) is 78.9 Å². The maximum absolute atomic E-state index is 12.8. The molecule has 47 heavy (non-hydrogen) atoms. The molecular formula is C36H44N2O8Si. The third-order valence-electron chi connectivity index (χ3n) is 9.31. The zero-order valence-corrected chi connectivity index (χ0v) is 28.9. The van der Waals surface area contributed by atoms with E-state index < -0.39 is 49.7 Å². The minimum atomic E-state index is -2.46. The zero-order valence-electron chi connectivity index (χ0n) is 27.9. The van der Waals surface area contributed by atoms with Crippen molar-refractivity contribution in [1.82, 2.24) is 9.55 Å². The van der Waals surface area contributed by atoms with Crippen LogP contribution in [0.5, 0.6) is 11.5 Å². The Hall–Kier alpha value is -4.00. The number of aliphatic hydroxyl groups is 1. The Bertz CT molecular complexity index is 1700. The second-order valence-electron chi connectivity index (χ2n) is 13.2. The molecule has 0 spiro atoms. The van der Waals surface area contributed by atoms with Crippen LogP contribution in [0.2, 0.25) is 18.1 Å². The highest BCUT2D eigenvalue weighted by Crippen LogP contribution is 2.44. The number of aromatic amines is 1. The normalized spacial score (nSPS) is 20.3. The van der Waals surface area contributed by atoms with Gasteiger partial charge in [-0.2, -0.15) is 0 Å². The summed E-state index contributed by atoms with van der Waals surface area (Å²) in [4.78, 5) is 26.9. The van der Waals surface area contributed by atoms with Crippen molar-refractivity contribution in [1.29, 1.82) is 0 Å². The highest BCUT2D eigenvalue weighted by atomic mass is 28.4. The number of aromatic nitrogens is 2. The first-order valence-electron chi connectivity index (χ1n) is 15.6. The molecule has 4 aromatic rings. The van der Waals surface area contributed by atoms with Crippen molar-refractivity contribution in [2.45, 2.75) is 69.0 Å². The maximum atomic E-state index is 12.8. The summed E-state index contributed by atoms with van der Waals surface area (Å²) in [7, 11) is 0.777. The van der Waals surface area contributed by atoms with E-state index >= 15 is 0 Å². The first-order chi connectivity index (χ1) is 22.3. The molecule has 0 aliphatic carbocycles. The van der Waals surface area contributed by atoms with Crippen LogP contribution in [0, 0.1) is 0 Å². The van der Waals surface area contributed by atoms with E-state index in [1.54, 1.807) is 14.2 Å². The molecule has 0 bridgehead atoms. The van der Waals surface area contributed by atoms with Gasteiger partial charge in [-0.15, -0.1) is 0 Å². The van der Waals surface area contributed by atoms with E-state index in [4.69, 9.17) is 23.4 Å². The Morgan fingerprint density at radius 3 is 1.85 bits per heavy atom. The van der Waals surface area contributed by atoms with Crippen LogP contribution in [0.1, 0.15) is 43.7 Å². The van der Waals surface area contributed by atoms with Gasteiger partial charge >= 0.3 is 5.69 Å². The standard InChI is InChI=1S/C36H44N2O8Si/c1-35(2,3)47(6,7)46-32-29(45-33(31(32)40)38-22-21-30(39)37-34(38)41)23-44-36(24-11-9-8-10-12-24,25-13-17-27(42-4)18-14-25)26-15-19-28(43-5)20-16-26/h8-22,29,31-33,40H,23H2,1-7H3,(H,37,39,41)/t29-,31+,32-,33-/m1/s1. The molecule has 2 N–H and O–H groups in total.